The predicted octanol–water partition coefficient (Wildman–Crippen LogP) is 3.58. The van der Waals surface area contributed by atoms with Gasteiger partial charge in [0.15, 0.2) is 0 Å². The molecule has 37 heavy (non-hydrogen) atoms. The van der Waals surface area contributed by atoms with E-state index in [1.54, 1.807) is 4.90 Å². The zero-order chi connectivity index (χ0) is 27.1. The fourth-order valence-corrected chi connectivity index (χ4v) is 6.76. The summed E-state index contributed by atoms with van der Waals surface area (Å²) in [5.41, 5.74) is 3.93. The maximum Gasteiger partial charge on any atom is 0.411 e. The second-order valence-corrected chi connectivity index (χ2v) is 12.7. The largest absolute Gasteiger partial charge is 0.444 e. The number of amides is 2. The van der Waals surface area contributed by atoms with Gasteiger partial charge < -0.3 is 29.6 Å². The molecule has 0 aromatic carbocycles. The van der Waals surface area contributed by atoms with Crippen molar-refractivity contribution in [3.63, 3.8) is 0 Å². The number of rotatable bonds is 12. The molecule has 9 nitrogen and oxygen atoms in total. The van der Waals surface area contributed by atoms with Crippen molar-refractivity contribution in [2.45, 2.75) is 96.3 Å². The van der Waals surface area contributed by atoms with Crippen molar-refractivity contribution in [1.82, 2.24) is 9.80 Å². The number of hydrogen-bond acceptors (Lipinski definition) is 7. The smallest absolute Gasteiger partial charge is 0.411 e. The van der Waals surface area contributed by atoms with Crippen LogP contribution in [0.15, 0.2) is 0 Å². The molecule has 4 atom stereocenters. The molecule has 1 aliphatic heterocycles. The van der Waals surface area contributed by atoms with E-state index in [1.807, 2.05) is 25.7 Å². The Balaban J connectivity index is 1.72. The van der Waals surface area contributed by atoms with Crippen molar-refractivity contribution < 1.29 is 28.5 Å². The third kappa shape index (κ3) is 8.80. The van der Waals surface area contributed by atoms with Crippen molar-refractivity contribution >= 4 is 12.0 Å². The first-order valence-electron chi connectivity index (χ1n) is 14.2. The van der Waals surface area contributed by atoms with Crippen LogP contribution in [0, 0.1) is 11.8 Å². The van der Waals surface area contributed by atoms with Crippen LogP contribution in [0.2, 0.25) is 0 Å². The molecule has 2 saturated carbocycles. The Hall–Kier alpha value is -1.42. The van der Waals surface area contributed by atoms with E-state index in [1.165, 1.54) is 0 Å². The molecule has 2 N–H and O–H groups in total. The van der Waals surface area contributed by atoms with Crippen molar-refractivity contribution in [3.05, 3.63) is 0 Å². The molecule has 1 saturated heterocycles. The summed E-state index contributed by atoms with van der Waals surface area (Å²) in [5, 5.41) is 0. The van der Waals surface area contributed by atoms with Gasteiger partial charge in [0.1, 0.15) is 12.1 Å². The molecule has 3 unspecified atom stereocenters. The Labute approximate surface area is 223 Å². The van der Waals surface area contributed by atoms with E-state index in [0.717, 1.165) is 51.6 Å². The lowest BCUT2D eigenvalue weighted by Gasteiger charge is -2.56. The van der Waals surface area contributed by atoms with Gasteiger partial charge in [-0.05, 0) is 84.5 Å². The summed E-state index contributed by atoms with van der Waals surface area (Å²) in [5.74, 6) is 0.990. The fraction of sp³-hybridized carbons (Fsp3) is 0.929. The Morgan fingerprint density at radius 2 is 1.65 bits per heavy atom. The summed E-state index contributed by atoms with van der Waals surface area (Å²) in [4.78, 5) is 30.4. The topological polar surface area (TPSA) is 104 Å². The summed E-state index contributed by atoms with van der Waals surface area (Å²) >= 11 is 0. The molecule has 214 valence electrons. The Morgan fingerprint density at radius 3 is 2.30 bits per heavy atom. The van der Waals surface area contributed by atoms with E-state index < -0.39 is 17.2 Å². The maximum atomic E-state index is 13.6. The van der Waals surface area contributed by atoms with Crippen LogP contribution in [0.1, 0.15) is 79.6 Å². The lowest BCUT2D eigenvalue weighted by molar-refractivity contribution is -0.165. The molecule has 0 aromatic heterocycles. The lowest BCUT2D eigenvalue weighted by atomic mass is 9.59. The molecule has 2 bridgehead atoms. The van der Waals surface area contributed by atoms with Crippen LogP contribution in [0.25, 0.3) is 0 Å². The van der Waals surface area contributed by atoms with Gasteiger partial charge in [-0.25, -0.2) is 4.79 Å². The Kier molecular flexibility index (Phi) is 10.7. The maximum absolute atomic E-state index is 13.6. The van der Waals surface area contributed by atoms with Gasteiger partial charge >= 0.3 is 6.09 Å². The molecule has 2 aliphatic carbocycles. The highest BCUT2D eigenvalue weighted by Gasteiger charge is 2.54. The van der Waals surface area contributed by atoms with Gasteiger partial charge in [-0.3, -0.25) is 9.69 Å². The van der Waals surface area contributed by atoms with Crippen LogP contribution >= 0.6 is 0 Å². The molecular weight excluding hydrogens is 474 g/mol. The number of fused-ring (bicyclic) bond motifs is 2. The minimum atomic E-state index is -0.638. The highest BCUT2D eigenvalue weighted by atomic mass is 16.6. The van der Waals surface area contributed by atoms with Crippen LogP contribution in [0.4, 0.5) is 4.79 Å². The van der Waals surface area contributed by atoms with Crippen molar-refractivity contribution in [1.29, 1.82) is 0 Å². The predicted molar refractivity (Wildman–Crippen MR) is 142 cm³/mol. The summed E-state index contributed by atoms with van der Waals surface area (Å²) in [6, 6.07) is 0. The second-order valence-electron chi connectivity index (χ2n) is 12.7. The number of carbonyl (C=O) groups is 2. The van der Waals surface area contributed by atoms with Crippen LogP contribution in [-0.2, 0) is 23.7 Å². The van der Waals surface area contributed by atoms with Gasteiger partial charge in [0.05, 0.1) is 38.6 Å². The highest BCUT2D eigenvalue weighted by Crippen LogP contribution is 2.52. The first-order chi connectivity index (χ1) is 17.5. The number of hydrogen-bond donors (Lipinski definition) is 1. The Morgan fingerprint density at radius 1 is 1.00 bits per heavy atom. The average molecular weight is 526 g/mol. The molecule has 1 heterocycles. The van der Waals surface area contributed by atoms with Gasteiger partial charge in [0.25, 0.3) is 0 Å². The SMILES string of the molecule is CC1CC2CC(C)(N(CC(=O)N3CCCC3)C(=O)OC(C)(C)C)C[C@@](OCCOCCOCCN)(C1)C2. The van der Waals surface area contributed by atoms with Crippen LogP contribution in [-0.4, -0.2) is 97.8 Å². The van der Waals surface area contributed by atoms with Crippen molar-refractivity contribution in [2.75, 3.05) is 59.2 Å². The molecular formula is C28H51N3O6. The molecule has 3 rings (SSSR count). The van der Waals surface area contributed by atoms with Gasteiger partial charge in [-0.1, -0.05) is 6.92 Å². The normalized spacial score (nSPS) is 29.8. The average Bonchev–Trinajstić information content (AvgIpc) is 3.32. The molecule has 0 spiro atoms. The van der Waals surface area contributed by atoms with Crippen LogP contribution in [0.3, 0.4) is 0 Å². The van der Waals surface area contributed by atoms with E-state index in [4.69, 9.17) is 24.7 Å². The van der Waals surface area contributed by atoms with Gasteiger partial charge in [-0.2, -0.15) is 0 Å². The highest BCUT2D eigenvalue weighted by molar-refractivity contribution is 5.83. The number of ether oxygens (including phenoxy) is 4. The van der Waals surface area contributed by atoms with E-state index in [9.17, 15) is 9.59 Å². The summed E-state index contributed by atoms with van der Waals surface area (Å²) < 4.78 is 23.5. The summed E-state index contributed by atoms with van der Waals surface area (Å²) in [6.07, 6.45) is 6.21. The zero-order valence-corrected chi connectivity index (χ0v) is 23.9. The first-order valence-corrected chi connectivity index (χ1v) is 14.2. The molecule has 3 aliphatic rings. The minimum Gasteiger partial charge on any atom is -0.444 e. The lowest BCUT2D eigenvalue weighted by Crippen LogP contribution is -2.63. The minimum absolute atomic E-state index is 0.00825. The van der Waals surface area contributed by atoms with Gasteiger partial charge in [-0.15, -0.1) is 0 Å². The number of carbonyl (C=O) groups excluding carboxylic acids is 2. The third-order valence-corrected chi connectivity index (χ3v) is 7.84. The van der Waals surface area contributed by atoms with E-state index >= 15 is 0 Å². The fourth-order valence-electron chi connectivity index (χ4n) is 6.76. The number of nitrogens with two attached hydrogens (primary N) is 1. The standard InChI is InChI=1S/C28H51N3O6/c1-22-16-23-18-27(5,21-28(17-22,19-23)36-15-14-35-13-12-34-11-8-29)31(25(33)37-26(2,3)4)20-24(32)30-9-6-7-10-30/h22-23H,6-21,29H2,1-5H3/t22?,23?,27?,28-/m1/s1. The molecule has 0 aromatic rings. The Bertz CT molecular complexity index is 749. The summed E-state index contributed by atoms with van der Waals surface area (Å²) in [7, 11) is 0. The van der Waals surface area contributed by atoms with Crippen molar-refractivity contribution in [3.8, 4) is 0 Å². The quantitative estimate of drug-likeness (QED) is 0.389. The molecule has 3 fully saturated rings. The first kappa shape index (κ1) is 30.1. The van der Waals surface area contributed by atoms with Crippen molar-refractivity contribution in [2.24, 2.45) is 17.6 Å². The number of nitrogens with zero attached hydrogens (tertiary/aromatic N) is 2. The monoisotopic (exact) mass is 525 g/mol. The van der Waals surface area contributed by atoms with E-state index in [-0.39, 0.29) is 18.1 Å². The zero-order valence-electron chi connectivity index (χ0n) is 23.9. The number of likely N-dealkylation sites (tertiary alicyclic amines) is 1. The second kappa shape index (κ2) is 13.1. The molecule has 9 heteroatoms. The van der Waals surface area contributed by atoms with Crippen LogP contribution < -0.4 is 5.73 Å². The van der Waals surface area contributed by atoms with E-state index in [0.29, 0.717) is 57.8 Å². The summed E-state index contributed by atoms with van der Waals surface area (Å²) in [6.45, 7) is 14.7. The van der Waals surface area contributed by atoms with E-state index in [2.05, 4.69) is 13.8 Å². The molecule has 2 amide bonds. The molecule has 0 radical (unpaired) electrons. The van der Waals surface area contributed by atoms with Gasteiger partial charge in [0, 0.05) is 25.2 Å². The third-order valence-electron chi connectivity index (χ3n) is 7.84. The van der Waals surface area contributed by atoms with Gasteiger partial charge in [0.2, 0.25) is 5.91 Å². The van der Waals surface area contributed by atoms with Crippen LogP contribution in [0.5, 0.6) is 0 Å².